The molecule has 2 amide bonds. The van der Waals surface area contributed by atoms with Crippen molar-refractivity contribution in [3.8, 4) is 11.3 Å². The van der Waals surface area contributed by atoms with E-state index in [-0.39, 0.29) is 12.4 Å². The van der Waals surface area contributed by atoms with Gasteiger partial charge in [-0.25, -0.2) is 9.18 Å². The van der Waals surface area contributed by atoms with Crippen LogP contribution in [0.3, 0.4) is 0 Å². The van der Waals surface area contributed by atoms with Gasteiger partial charge in [-0.3, -0.25) is 9.97 Å². The number of nitrogens with zero attached hydrogens (tertiary/aromatic N) is 2. The first kappa shape index (κ1) is 15.1. The summed E-state index contributed by atoms with van der Waals surface area (Å²) >= 11 is 1.57. The van der Waals surface area contributed by atoms with Crippen molar-refractivity contribution in [1.82, 2.24) is 15.3 Å². The molecule has 2 N–H and O–H groups in total. The van der Waals surface area contributed by atoms with Crippen LogP contribution in [0.25, 0.3) is 11.3 Å². The lowest BCUT2D eigenvalue weighted by molar-refractivity contribution is 0.251. The van der Waals surface area contributed by atoms with Crippen LogP contribution in [0, 0.1) is 5.82 Å². The molecule has 0 unspecified atom stereocenters. The van der Waals surface area contributed by atoms with Gasteiger partial charge in [0.05, 0.1) is 17.9 Å². The zero-order valence-corrected chi connectivity index (χ0v) is 12.8. The number of carbonyl (C=O) groups is 1. The van der Waals surface area contributed by atoms with Gasteiger partial charge in [0.15, 0.2) is 0 Å². The predicted octanol–water partition coefficient (Wildman–Crippen LogP) is 3.67. The molecule has 1 aromatic carbocycles. The molecule has 3 aromatic rings. The largest absolute Gasteiger partial charge is 0.332 e. The van der Waals surface area contributed by atoms with Crippen molar-refractivity contribution >= 4 is 23.1 Å². The minimum Gasteiger partial charge on any atom is -0.332 e. The number of nitrogens with one attached hydrogen (secondary N) is 2. The molecule has 3 rings (SSSR count). The van der Waals surface area contributed by atoms with Crippen molar-refractivity contribution in [2.24, 2.45) is 0 Å². The summed E-state index contributed by atoms with van der Waals surface area (Å²) < 4.78 is 12.8. The van der Waals surface area contributed by atoms with Crippen LogP contribution in [0.4, 0.5) is 14.9 Å². The first-order valence-electron chi connectivity index (χ1n) is 6.85. The Bertz CT molecular complexity index is 790. The van der Waals surface area contributed by atoms with Crippen LogP contribution in [0.5, 0.6) is 0 Å². The zero-order chi connectivity index (χ0) is 16.1. The molecule has 0 radical (unpaired) electrons. The first-order valence-corrected chi connectivity index (χ1v) is 7.79. The van der Waals surface area contributed by atoms with Crippen LogP contribution in [0.15, 0.2) is 53.5 Å². The highest BCUT2D eigenvalue weighted by atomic mass is 32.1. The second-order valence-corrected chi connectivity index (χ2v) is 5.46. The molecular formula is C16H13FN4OS. The summed E-state index contributed by atoms with van der Waals surface area (Å²) in [4.78, 5) is 20.5. The van der Waals surface area contributed by atoms with Gasteiger partial charge in [0.25, 0.3) is 0 Å². The Hall–Kier alpha value is -2.80. The number of halogens is 1. The highest BCUT2D eigenvalue weighted by Gasteiger charge is 2.09. The third-order valence-electron chi connectivity index (χ3n) is 3.09. The van der Waals surface area contributed by atoms with E-state index in [4.69, 9.17) is 0 Å². The van der Waals surface area contributed by atoms with Gasteiger partial charge in [0.1, 0.15) is 5.82 Å². The average molecular weight is 328 g/mol. The molecule has 2 heterocycles. The number of anilines is 1. The quantitative estimate of drug-likeness (QED) is 0.768. The van der Waals surface area contributed by atoms with Gasteiger partial charge in [-0.05, 0) is 35.7 Å². The normalized spacial score (nSPS) is 10.3. The van der Waals surface area contributed by atoms with Crippen molar-refractivity contribution in [2.45, 2.75) is 6.54 Å². The molecule has 7 heteroatoms. The van der Waals surface area contributed by atoms with Crippen LogP contribution in [-0.2, 0) is 6.54 Å². The lowest BCUT2D eigenvalue weighted by Crippen LogP contribution is -2.28. The Morgan fingerprint density at radius 3 is 2.65 bits per heavy atom. The lowest BCUT2D eigenvalue weighted by Gasteiger charge is -2.09. The van der Waals surface area contributed by atoms with Crippen molar-refractivity contribution < 1.29 is 9.18 Å². The van der Waals surface area contributed by atoms with E-state index in [2.05, 4.69) is 20.6 Å². The number of carbonyl (C=O) groups excluding carboxylic acids is 1. The van der Waals surface area contributed by atoms with Crippen LogP contribution in [0.1, 0.15) is 5.69 Å². The van der Waals surface area contributed by atoms with Crippen molar-refractivity contribution in [3.63, 3.8) is 0 Å². The number of thiophene rings is 1. The molecule has 0 aliphatic carbocycles. The summed E-state index contributed by atoms with van der Waals surface area (Å²) in [7, 11) is 0. The fraction of sp³-hybridized carbons (Fsp3) is 0.0625. The summed E-state index contributed by atoms with van der Waals surface area (Å²) in [6.07, 6.45) is 3.21. The highest BCUT2D eigenvalue weighted by molar-refractivity contribution is 7.08. The number of hydrogen-bond donors (Lipinski definition) is 2. The minimum absolute atomic E-state index is 0.242. The van der Waals surface area contributed by atoms with Crippen LogP contribution in [-0.4, -0.2) is 16.0 Å². The van der Waals surface area contributed by atoms with E-state index in [1.807, 2.05) is 16.8 Å². The monoisotopic (exact) mass is 328 g/mol. The fourth-order valence-corrected chi connectivity index (χ4v) is 2.65. The molecule has 0 bridgehead atoms. The van der Waals surface area contributed by atoms with E-state index < -0.39 is 6.03 Å². The average Bonchev–Trinajstić information content (AvgIpc) is 3.10. The number of benzene rings is 1. The third kappa shape index (κ3) is 3.89. The third-order valence-corrected chi connectivity index (χ3v) is 3.77. The predicted molar refractivity (Wildman–Crippen MR) is 87.6 cm³/mol. The van der Waals surface area contributed by atoms with E-state index in [0.717, 1.165) is 11.3 Å². The zero-order valence-electron chi connectivity index (χ0n) is 12.0. The van der Waals surface area contributed by atoms with E-state index >= 15 is 0 Å². The summed E-state index contributed by atoms with van der Waals surface area (Å²) in [6.45, 7) is 0.242. The van der Waals surface area contributed by atoms with Gasteiger partial charge in [-0.2, -0.15) is 11.3 Å². The minimum atomic E-state index is -0.390. The van der Waals surface area contributed by atoms with E-state index in [9.17, 15) is 9.18 Å². The Morgan fingerprint density at radius 1 is 1.13 bits per heavy atom. The van der Waals surface area contributed by atoms with Crippen molar-refractivity contribution in [1.29, 1.82) is 0 Å². The molecule has 0 saturated carbocycles. The maximum Gasteiger partial charge on any atom is 0.319 e. The smallest absolute Gasteiger partial charge is 0.319 e. The molecule has 0 aliphatic rings. The molecule has 116 valence electrons. The Balaban J connectivity index is 1.64. The summed E-state index contributed by atoms with van der Waals surface area (Å²) in [5, 5.41) is 9.29. The van der Waals surface area contributed by atoms with Crippen LogP contribution < -0.4 is 10.6 Å². The Morgan fingerprint density at radius 2 is 1.91 bits per heavy atom. The molecular weight excluding hydrogens is 315 g/mol. The Labute approximate surface area is 136 Å². The fourth-order valence-electron chi connectivity index (χ4n) is 2.01. The van der Waals surface area contributed by atoms with Gasteiger partial charge < -0.3 is 10.6 Å². The van der Waals surface area contributed by atoms with E-state index in [1.165, 1.54) is 24.3 Å². The number of hydrogen-bond acceptors (Lipinski definition) is 4. The van der Waals surface area contributed by atoms with Crippen LogP contribution in [0.2, 0.25) is 0 Å². The van der Waals surface area contributed by atoms with Gasteiger partial charge in [-0.15, -0.1) is 0 Å². The second-order valence-electron chi connectivity index (χ2n) is 4.68. The molecule has 0 spiro atoms. The van der Waals surface area contributed by atoms with Crippen LogP contribution >= 0.6 is 11.3 Å². The molecule has 5 nitrogen and oxygen atoms in total. The number of rotatable bonds is 4. The molecule has 0 aliphatic heterocycles. The second kappa shape index (κ2) is 6.97. The summed E-state index contributed by atoms with van der Waals surface area (Å²) in [5.41, 5.74) is 2.91. The topological polar surface area (TPSA) is 66.9 Å². The van der Waals surface area contributed by atoms with Gasteiger partial charge >= 0.3 is 6.03 Å². The lowest BCUT2D eigenvalue weighted by atomic mass is 10.2. The number of aromatic nitrogens is 2. The first-order chi connectivity index (χ1) is 11.2. The van der Waals surface area contributed by atoms with Crippen molar-refractivity contribution in [3.05, 3.63) is 65.0 Å². The van der Waals surface area contributed by atoms with Gasteiger partial charge in [-0.1, -0.05) is 0 Å². The number of amides is 2. The molecule has 0 saturated heterocycles. The van der Waals surface area contributed by atoms with E-state index in [1.54, 1.807) is 23.7 Å². The molecule has 23 heavy (non-hydrogen) atoms. The van der Waals surface area contributed by atoms with Gasteiger partial charge in [0.2, 0.25) is 0 Å². The van der Waals surface area contributed by atoms with E-state index in [0.29, 0.717) is 11.4 Å². The van der Waals surface area contributed by atoms with Gasteiger partial charge in [0, 0.05) is 29.0 Å². The molecule has 0 fully saturated rings. The Kier molecular flexibility index (Phi) is 4.58. The highest BCUT2D eigenvalue weighted by Crippen LogP contribution is 2.22. The summed E-state index contributed by atoms with van der Waals surface area (Å²) in [5.74, 6) is -0.351. The maximum absolute atomic E-state index is 12.8. The maximum atomic E-state index is 12.8. The molecule has 2 aromatic heterocycles. The summed E-state index contributed by atoms with van der Waals surface area (Å²) in [6, 6.07) is 7.12. The number of urea groups is 1. The SMILES string of the molecule is O=C(NCc1nccnc1-c1ccsc1)Nc1ccc(F)cc1. The van der Waals surface area contributed by atoms with Crippen molar-refractivity contribution in [2.75, 3.05) is 5.32 Å². The molecule has 0 atom stereocenters. The standard InChI is InChI=1S/C16H13FN4OS/c17-12-1-3-13(4-2-12)21-16(22)20-9-14-15(19-7-6-18-14)11-5-8-23-10-11/h1-8,10H,9H2,(H2,20,21,22).